The van der Waals surface area contributed by atoms with Gasteiger partial charge in [-0.3, -0.25) is 4.79 Å². The van der Waals surface area contributed by atoms with Crippen molar-refractivity contribution >= 4 is 17.2 Å². The van der Waals surface area contributed by atoms with Crippen LogP contribution in [0.5, 0.6) is 0 Å². The van der Waals surface area contributed by atoms with E-state index in [2.05, 4.69) is 10.3 Å². The third kappa shape index (κ3) is 2.61. The van der Waals surface area contributed by atoms with Crippen LogP contribution >= 0.6 is 11.3 Å². The molecule has 0 radical (unpaired) electrons. The number of carbonyl (C=O) groups excluding carboxylic acids is 1. The van der Waals surface area contributed by atoms with Crippen molar-refractivity contribution in [2.75, 3.05) is 6.54 Å². The Morgan fingerprint density at radius 1 is 1.62 bits per heavy atom. The number of imidazole rings is 1. The van der Waals surface area contributed by atoms with Crippen molar-refractivity contribution in [1.29, 1.82) is 0 Å². The van der Waals surface area contributed by atoms with Gasteiger partial charge in [0, 0.05) is 12.4 Å². The van der Waals surface area contributed by atoms with Crippen LogP contribution in [-0.4, -0.2) is 27.5 Å². The molecular weight excluding hydrogens is 284 g/mol. The lowest BCUT2D eigenvalue weighted by Gasteiger charge is -2.32. The van der Waals surface area contributed by atoms with Crippen LogP contribution in [0.15, 0.2) is 29.9 Å². The van der Waals surface area contributed by atoms with Gasteiger partial charge in [-0.05, 0) is 36.8 Å². The standard InChI is InChI=1S/C15H20N4OS/c1-2-18-15(14(16)20,11-5-6-11)10-19-8-7-17-13(19)12-4-3-9-21-12/h3-4,7-9,11,18H,2,5-6,10H2,1H3,(H2,16,20). The molecule has 21 heavy (non-hydrogen) atoms. The van der Waals surface area contributed by atoms with Crippen LogP contribution in [0, 0.1) is 5.92 Å². The molecule has 1 fully saturated rings. The molecule has 0 aromatic carbocycles. The van der Waals surface area contributed by atoms with Crippen LogP contribution in [0.25, 0.3) is 10.7 Å². The fraction of sp³-hybridized carbons (Fsp3) is 0.467. The number of thiophene rings is 1. The molecular formula is C15H20N4OS. The van der Waals surface area contributed by atoms with Gasteiger partial charge in [-0.25, -0.2) is 4.98 Å². The highest BCUT2D eigenvalue weighted by Crippen LogP contribution is 2.41. The number of primary amides is 1. The average molecular weight is 304 g/mol. The number of rotatable bonds is 7. The van der Waals surface area contributed by atoms with Gasteiger partial charge < -0.3 is 15.6 Å². The number of hydrogen-bond donors (Lipinski definition) is 2. The maximum Gasteiger partial charge on any atom is 0.239 e. The third-order valence-electron chi connectivity index (χ3n) is 4.08. The molecule has 3 N–H and O–H groups in total. The van der Waals surface area contributed by atoms with Crippen LogP contribution in [0.4, 0.5) is 0 Å². The van der Waals surface area contributed by atoms with Crippen molar-refractivity contribution in [1.82, 2.24) is 14.9 Å². The van der Waals surface area contributed by atoms with Crippen LogP contribution in [0.1, 0.15) is 19.8 Å². The Kier molecular flexibility index (Phi) is 3.82. The number of nitrogens with zero attached hydrogens (tertiary/aromatic N) is 2. The summed E-state index contributed by atoms with van der Waals surface area (Å²) in [5.74, 6) is 0.959. The highest BCUT2D eigenvalue weighted by atomic mass is 32.1. The largest absolute Gasteiger partial charge is 0.368 e. The van der Waals surface area contributed by atoms with E-state index in [4.69, 9.17) is 5.73 Å². The molecule has 0 bridgehead atoms. The normalized spacial score (nSPS) is 17.6. The molecule has 6 heteroatoms. The van der Waals surface area contributed by atoms with Crippen molar-refractivity contribution in [2.45, 2.75) is 31.8 Å². The molecule has 3 rings (SSSR count). The quantitative estimate of drug-likeness (QED) is 0.820. The van der Waals surface area contributed by atoms with Gasteiger partial charge in [-0.1, -0.05) is 13.0 Å². The molecule has 112 valence electrons. The van der Waals surface area contributed by atoms with Gasteiger partial charge in [0.2, 0.25) is 5.91 Å². The number of nitrogens with two attached hydrogens (primary N) is 1. The van der Waals surface area contributed by atoms with Crippen LogP contribution in [0.3, 0.4) is 0 Å². The number of hydrogen-bond acceptors (Lipinski definition) is 4. The van der Waals surface area contributed by atoms with Gasteiger partial charge in [0.15, 0.2) is 0 Å². The Morgan fingerprint density at radius 3 is 3.00 bits per heavy atom. The van der Waals surface area contributed by atoms with E-state index in [-0.39, 0.29) is 5.91 Å². The van der Waals surface area contributed by atoms with E-state index in [1.54, 1.807) is 17.5 Å². The molecule has 1 aliphatic rings. The third-order valence-corrected chi connectivity index (χ3v) is 4.95. The summed E-state index contributed by atoms with van der Waals surface area (Å²) in [7, 11) is 0. The minimum Gasteiger partial charge on any atom is -0.368 e. The van der Waals surface area contributed by atoms with Crippen molar-refractivity contribution in [2.24, 2.45) is 11.7 Å². The molecule has 5 nitrogen and oxygen atoms in total. The van der Waals surface area contributed by atoms with E-state index >= 15 is 0 Å². The Hall–Kier alpha value is -1.66. The van der Waals surface area contributed by atoms with Crippen molar-refractivity contribution in [3.63, 3.8) is 0 Å². The zero-order valence-electron chi connectivity index (χ0n) is 12.1. The SMILES string of the molecule is CCNC(Cn1ccnc1-c1cccs1)(C(N)=O)C1CC1. The summed E-state index contributed by atoms with van der Waals surface area (Å²) in [6.07, 6.45) is 5.81. The van der Waals surface area contributed by atoms with Crippen molar-refractivity contribution < 1.29 is 4.79 Å². The zero-order chi connectivity index (χ0) is 14.9. The van der Waals surface area contributed by atoms with Crippen LogP contribution in [0.2, 0.25) is 0 Å². The Labute approximate surface area is 128 Å². The van der Waals surface area contributed by atoms with Crippen LogP contribution < -0.4 is 11.1 Å². The first-order chi connectivity index (χ1) is 10.2. The second-order valence-corrected chi connectivity index (χ2v) is 6.44. The molecule has 1 aliphatic carbocycles. The first-order valence-electron chi connectivity index (χ1n) is 7.27. The first kappa shape index (κ1) is 14.3. The molecule has 1 amide bonds. The lowest BCUT2D eigenvalue weighted by Crippen LogP contribution is -2.59. The predicted molar refractivity (Wildman–Crippen MR) is 83.9 cm³/mol. The van der Waals surface area contributed by atoms with Gasteiger partial charge >= 0.3 is 0 Å². The number of likely N-dealkylation sites (N-methyl/N-ethyl adjacent to an activating group) is 1. The molecule has 1 atom stereocenters. The van der Waals surface area contributed by atoms with Crippen molar-refractivity contribution in [3.05, 3.63) is 29.9 Å². The maximum atomic E-state index is 12.1. The number of amides is 1. The van der Waals surface area contributed by atoms with Gasteiger partial charge in [0.05, 0.1) is 11.4 Å². The average Bonchev–Trinajstić information content (AvgIpc) is 2.99. The molecule has 0 spiro atoms. The van der Waals surface area contributed by atoms with E-state index in [9.17, 15) is 4.79 Å². The van der Waals surface area contributed by atoms with E-state index in [0.717, 1.165) is 30.1 Å². The molecule has 1 saturated carbocycles. The van der Waals surface area contributed by atoms with Gasteiger partial charge in [-0.15, -0.1) is 11.3 Å². The number of nitrogens with one attached hydrogen (secondary N) is 1. The zero-order valence-corrected chi connectivity index (χ0v) is 12.9. The van der Waals surface area contributed by atoms with Gasteiger partial charge in [0.25, 0.3) is 0 Å². The fourth-order valence-electron chi connectivity index (χ4n) is 2.92. The summed E-state index contributed by atoms with van der Waals surface area (Å²) in [6, 6.07) is 4.05. The second kappa shape index (κ2) is 5.61. The highest BCUT2D eigenvalue weighted by molar-refractivity contribution is 7.13. The molecule has 2 aromatic rings. The number of carbonyl (C=O) groups is 1. The predicted octanol–water partition coefficient (Wildman–Crippen LogP) is 1.86. The maximum absolute atomic E-state index is 12.1. The summed E-state index contributed by atoms with van der Waals surface area (Å²) >= 11 is 1.65. The smallest absolute Gasteiger partial charge is 0.239 e. The van der Waals surface area contributed by atoms with E-state index < -0.39 is 5.54 Å². The minimum atomic E-state index is -0.665. The Balaban J connectivity index is 1.94. The Morgan fingerprint density at radius 2 is 2.43 bits per heavy atom. The summed E-state index contributed by atoms with van der Waals surface area (Å²) in [4.78, 5) is 17.7. The monoisotopic (exact) mass is 304 g/mol. The minimum absolute atomic E-state index is 0.266. The van der Waals surface area contributed by atoms with E-state index in [0.29, 0.717) is 12.5 Å². The fourth-order valence-corrected chi connectivity index (χ4v) is 3.66. The first-order valence-corrected chi connectivity index (χ1v) is 8.15. The van der Waals surface area contributed by atoms with Crippen molar-refractivity contribution in [3.8, 4) is 10.7 Å². The van der Waals surface area contributed by atoms with E-state index in [1.807, 2.05) is 35.2 Å². The van der Waals surface area contributed by atoms with Gasteiger partial charge in [-0.2, -0.15) is 0 Å². The lowest BCUT2D eigenvalue weighted by atomic mass is 9.91. The lowest BCUT2D eigenvalue weighted by molar-refractivity contribution is -0.126. The van der Waals surface area contributed by atoms with Gasteiger partial charge in [0.1, 0.15) is 11.4 Å². The molecule has 2 aromatic heterocycles. The summed E-state index contributed by atoms with van der Waals surface area (Å²) < 4.78 is 2.04. The summed E-state index contributed by atoms with van der Waals surface area (Å²) in [6.45, 7) is 3.27. The molecule has 1 unspecified atom stereocenters. The molecule has 0 saturated heterocycles. The molecule has 2 heterocycles. The topological polar surface area (TPSA) is 72.9 Å². The summed E-state index contributed by atoms with van der Waals surface area (Å²) in [5, 5.41) is 5.38. The second-order valence-electron chi connectivity index (χ2n) is 5.50. The van der Waals surface area contributed by atoms with Crippen LogP contribution in [-0.2, 0) is 11.3 Å². The molecule has 0 aliphatic heterocycles. The summed E-state index contributed by atoms with van der Waals surface area (Å²) in [5.41, 5.74) is 5.09. The number of aromatic nitrogens is 2. The Bertz CT molecular complexity index is 617. The highest BCUT2D eigenvalue weighted by Gasteiger charge is 2.49. The van der Waals surface area contributed by atoms with E-state index in [1.165, 1.54) is 0 Å².